The summed E-state index contributed by atoms with van der Waals surface area (Å²) in [5, 5.41) is 8.66. The molecule has 0 saturated carbocycles. The summed E-state index contributed by atoms with van der Waals surface area (Å²) in [6.45, 7) is 5.00. The van der Waals surface area contributed by atoms with Crippen molar-refractivity contribution in [3.63, 3.8) is 0 Å². The number of fused-ring (bicyclic) bond motifs is 1. The number of aromatic nitrogens is 4. The fourth-order valence-electron chi connectivity index (χ4n) is 3.25. The number of hydrogen-bond donors (Lipinski definition) is 1. The van der Waals surface area contributed by atoms with Crippen LogP contribution in [0, 0.1) is 6.92 Å². The third kappa shape index (κ3) is 2.79. The average Bonchev–Trinajstić information content (AvgIpc) is 3.24. The Hall–Kier alpha value is -2.63. The number of aryl methyl sites for hydroxylation is 2. The minimum Gasteiger partial charge on any atom is -0.372 e. The molecule has 0 aliphatic carbocycles. The van der Waals surface area contributed by atoms with Crippen molar-refractivity contribution < 1.29 is 0 Å². The van der Waals surface area contributed by atoms with E-state index in [0.717, 1.165) is 29.2 Å². The van der Waals surface area contributed by atoms with Gasteiger partial charge in [-0.3, -0.25) is 4.68 Å². The number of hydrogen-bond acceptors (Lipinski definition) is 5. The molecule has 1 fully saturated rings. The van der Waals surface area contributed by atoms with Gasteiger partial charge in [-0.2, -0.15) is 5.10 Å². The second-order valence-electron chi connectivity index (χ2n) is 6.34. The molecule has 3 heterocycles. The van der Waals surface area contributed by atoms with Crippen LogP contribution in [0.3, 0.4) is 0 Å². The van der Waals surface area contributed by atoms with Gasteiger partial charge < -0.3 is 10.2 Å². The lowest BCUT2D eigenvalue weighted by Gasteiger charge is -2.17. The van der Waals surface area contributed by atoms with Gasteiger partial charge in [0.15, 0.2) is 5.65 Å². The molecule has 0 spiro atoms. The van der Waals surface area contributed by atoms with Gasteiger partial charge in [0.05, 0.1) is 11.6 Å². The Labute approximate surface area is 141 Å². The molecule has 1 N–H and O–H groups in total. The lowest BCUT2D eigenvalue weighted by molar-refractivity contribution is 0.783. The Kier molecular flexibility index (Phi) is 3.80. The maximum absolute atomic E-state index is 4.53. The highest BCUT2D eigenvalue weighted by Gasteiger charge is 2.12. The van der Waals surface area contributed by atoms with Crippen molar-refractivity contribution >= 4 is 22.5 Å². The van der Waals surface area contributed by atoms with Gasteiger partial charge in [0.1, 0.15) is 11.6 Å². The van der Waals surface area contributed by atoms with Crippen LogP contribution in [0.4, 0.5) is 11.5 Å². The predicted molar refractivity (Wildman–Crippen MR) is 96.3 cm³/mol. The van der Waals surface area contributed by atoms with E-state index in [2.05, 4.69) is 49.5 Å². The molecule has 3 aromatic rings. The highest BCUT2D eigenvalue weighted by atomic mass is 15.3. The summed E-state index contributed by atoms with van der Waals surface area (Å²) in [5.74, 6) is 1.59. The molecule has 24 heavy (non-hydrogen) atoms. The van der Waals surface area contributed by atoms with Crippen molar-refractivity contribution in [1.29, 1.82) is 0 Å². The molecule has 0 unspecified atom stereocenters. The lowest BCUT2D eigenvalue weighted by Crippen LogP contribution is -2.17. The van der Waals surface area contributed by atoms with Gasteiger partial charge in [-0.25, -0.2) is 9.97 Å². The zero-order valence-electron chi connectivity index (χ0n) is 14.2. The Bertz CT molecular complexity index is 846. The van der Waals surface area contributed by atoms with Crippen molar-refractivity contribution in [3.05, 3.63) is 41.9 Å². The standard InChI is InChI=1S/C18H22N6/c1-13-21-17(16-12-20-23(2)18(16)22-13)19-11-14-5-7-15(8-6-14)24-9-3-4-10-24/h5-8,12H,3-4,9-11H2,1-2H3,(H,19,21,22). The Morgan fingerprint density at radius 2 is 1.83 bits per heavy atom. The zero-order chi connectivity index (χ0) is 16.5. The van der Waals surface area contributed by atoms with Crippen molar-refractivity contribution in [3.8, 4) is 0 Å². The largest absolute Gasteiger partial charge is 0.372 e. The SMILES string of the molecule is Cc1nc(NCc2ccc(N3CCCC3)cc2)c2cnn(C)c2n1. The van der Waals surface area contributed by atoms with E-state index in [1.807, 2.05) is 20.2 Å². The van der Waals surface area contributed by atoms with Gasteiger partial charge in [-0.1, -0.05) is 12.1 Å². The molecule has 0 bridgehead atoms. The van der Waals surface area contributed by atoms with Crippen molar-refractivity contribution in [2.24, 2.45) is 7.05 Å². The average molecular weight is 322 g/mol. The molecule has 6 heteroatoms. The topological polar surface area (TPSA) is 58.9 Å². The second-order valence-corrected chi connectivity index (χ2v) is 6.34. The van der Waals surface area contributed by atoms with E-state index in [9.17, 15) is 0 Å². The molecular weight excluding hydrogens is 300 g/mol. The highest BCUT2D eigenvalue weighted by Crippen LogP contribution is 2.22. The van der Waals surface area contributed by atoms with Crippen LogP contribution in [-0.2, 0) is 13.6 Å². The first-order valence-corrected chi connectivity index (χ1v) is 8.45. The van der Waals surface area contributed by atoms with Crippen LogP contribution in [0.1, 0.15) is 24.2 Å². The summed E-state index contributed by atoms with van der Waals surface area (Å²) >= 11 is 0. The molecule has 124 valence electrons. The quantitative estimate of drug-likeness (QED) is 0.800. The predicted octanol–water partition coefficient (Wildman–Crippen LogP) is 2.88. The summed E-state index contributed by atoms with van der Waals surface area (Å²) < 4.78 is 1.78. The van der Waals surface area contributed by atoms with E-state index in [1.54, 1.807) is 4.68 Å². The van der Waals surface area contributed by atoms with Crippen LogP contribution >= 0.6 is 0 Å². The van der Waals surface area contributed by atoms with Crippen LogP contribution in [0.25, 0.3) is 11.0 Å². The minimum atomic E-state index is 0.737. The van der Waals surface area contributed by atoms with Crippen LogP contribution in [0.15, 0.2) is 30.5 Å². The van der Waals surface area contributed by atoms with Crippen LogP contribution < -0.4 is 10.2 Å². The first-order valence-electron chi connectivity index (χ1n) is 8.45. The maximum atomic E-state index is 4.53. The van der Waals surface area contributed by atoms with Gasteiger partial charge in [0.2, 0.25) is 0 Å². The third-order valence-corrected chi connectivity index (χ3v) is 4.57. The van der Waals surface area contributed by atoms with E-state index in [0.29, 0.717) is 0 Å². The van der Waals surface area contributed by atoms with E-state index in [-0.39, 0.29) is 0 Å². The first-order chi connectivity index (χ1) is 11.7. The van der Waals surface area contributed by atoms with Crippen molar-refractivity contribution in [2.45, 2.75) is 26.3 Å². The van der Waals surface area contributed by atoms with Gasteiger partial charge in [0, 0.05) is 32.4 Å². The zero-order valence-corrected chi connectivity index (χ0v) is 14.2. The van der Waals surface area contributed by atoms with E-state index in [4.69, 9.17) is 0 Å². The molecule has 1 aliphatic rings. The Morgan fingerprint density at radius 1 is 1.08 bits per heavy atom. The molecule has 2 aromatic heterocycles. The van der Waals surface area contributed by atoms with Crippen LogP contribution in [0.5, 0.6) is 0 Å². The molecule has 0 amide bonds. The maximum Gasteiger partial charge on any atom is 0.163 e. The summed E-state index contributed by atoms with van der Waals surface area (Å²) in [7, 11) is 1.90. The van der Waals surface area contributed by atoms with E-state index >= 15 is 0 Å². The van der Waals surface area contributed by atoms with Crippen LogP contribution in [0.2, 0.25) is 0 Å². The number of benzene rings is 1. The molecular formula is C18H22N6. The number of nitrogens with one attached hydrogen (secondary N) is 1. The lowest BCUT2D eigenvalue weighted by atomic mass is 10.2. The van der Waals surface area contributed by atoms with Crippen LogP contribution in [-0.4, -0.2) is 32.8 Å². The molecule has 0 radical (unpaired) electrons. The number of rotatable bonds is 4. The van der Waals surface area contributed by atoms with E-state index in [1.165, 1.54) is 37.2 Å². The summed E-state index contributed by atoms with van der Waals surface area (Å²) in [5.41, 5.74) is 3.42. The molecule has 4 rings (SSSR count). The Morgan fingerprint density at radius 3 is 2.58 bits per heavy atom. The van der Waals surface area contributed by atoms with Crippen molar-refractivity contribution in [2.75, 3.05) is 23.3 Å². The molecule has 6 nitrogen and oxygen atoms in total. The third-order valence-electron chi connectivity index (χ3n) is 4.57. The first kappa shape index (κ1) is 14.9. The van der Waals surface area contributed by atoms with Gasteiger partial charge in [-0.15, -0.1) is 0 Å². The molecule has 0 atom stereocenters. The highest BCUT2D eigenvalue weighted by molar-refractivity contribution is 5.86. The summed E-state index contributed by atoms with van der Waals surface area (Å²) in [6, 6.07) is 8.81. The van der Waals surface area contributed by atoms with Gasteiger partial charge in [0.25, 0.3) is 0 Å². The smallest absolute Gasteiger partial charge is 0.163 e. The van der Waals surface area contributed by atoms with E-state index < -0.39 is 0 Å². The van der Waals surface area contributed by atoms with Gasteiger partial charge >= 0.3 is 0 Å². The van der Waals surface area contributed by atoms with Gasteiger partial charge in [-0.05, 0) is 37.5 Å². The number of nitrogens with zero attached hydrogens (tertiary/aromatic N) is 5. The number of anilines is 2. The summed E-state index contributed by atoms with van der Waals surface area (Å²) in [6.07, 6.45) is 4.42. The fraction of sp³-hybridized carbons (Fsp3) is 0.389. The minimum absolute atomic E-state index is 0.737. The second kappa shape index (κ2) is 6.11. The monoisotopic (exact) mass is 322 g/mol. The fourth-order valence-corrected chi connectivity index (χ4v) is 3.25. The molecule has 1 aromatic carbocycles. The molecule has 1 aliphatic heterocycles. The normalized spacial score (nSPS) is 14.5. The van der Waals surface area contributed by atoms with Crippen molar-refractivity contribution in [1.82, 2.24) is 19.7 Å². The molecule has 1 saturated heterocycles. The summed E-state index contributed by atoms with van der Waals surface area (Å²) in [4.78, 5) is 11.4. The Balaban J connectivity index is 1.50.